The molecule has 2 aromatic carbocycles. The van der Waals surface area contributed by atoms with Crippen LogP contribution in [0.2, 0.25) is 0 Å². The van der Waals surface area contributed by atoms with E-state index in [1.807, 2.05) is 18.2 Å². The van der Waals surface area contributed by atoms with Gasteiger partial charge in [-0.2, -0.15) is 0 Å². The predicted octanol–water partition coefficient (Wildman–Crippen LogP) is 0.415. The Balaban J connectivity index is 1.59. The zero-order valence-corrected chi connectivity index (χ0v) is 17.4. The van der Waals surface area contributed by atoms with E-state index < -0.39 is 36.7 Å². The molecule has 6 atom stereocenters. The van der Waals surface area contributed by atoms with Gasteiger partial charge in [-0.05, 0) is 48.2 Å². The quantitative estimate of drug-likeness (QED) is 0.456. The molecule has 170 valence electrons. The Morgan fingerprint density at radius 3 is 2.62 bits per heavy atom. The molecule has 9 nitrogen and oxygen atoms in total. The number of aliphatic carboxylic acids is 1. The summed E-state index contributed by atoms with van der Waals surface area (Å²) >= 11 is 0. The maximum absolute atomic E-state index is 11.4. The van der Waals surface area contributed by atoms with Gasteiger partial charge in [0.05, 0.1) is 0 Å². The van der Waals surface area contributed by atoms with Crippen LogP contribution in [0.1, 0.15) is 22.7 Å². The average molecular weight is 443 g/mol. The fourth-order valence-electron chi connectivity index (χ4n) is 5.04. The van der Waals surface area contributed by atoms with E-state index in [0.717, 1.165) is 29.7 Å². The summed E-state index contributed by atoms with van der Waals surface area (Å²) in [6, 6.07) is 9.49. The van der Waals surface area contributed by atoms with Gasteiger partial charge >= 0.3 is 5.97 Å². The summed E-state index contributed by atoms with van der Waals surface area (Å²) in [5, 5.41) is 50.4. The van der Waals surface area contributed by atoms with Crippen molar-refractivity contribution in [2.45, 2.75) is 49.6 Å². The minimum absolute atomic E-state index is 0.0411. The zero-order valence-electron chi connectivity index (χ0n) is 17.4. The van der Waals surface area contributed by atoms with Crippen LogP contribution in [0.5, 0.6) is 11.5 Å². The number of aliphatic hydroxyl groups is 3. The molecule has 9 heteroatoms. The number of hydrogen-bond donors (Lipinski definition) is 5. The molecule has 1 saturated heterocycles. The van der Waals surface area contributed by atoms with E-state index >= 15 is 0 Å². The van der Waals surface area contributed by atoms with Gasteiger partial charge in [0, 0.05) is 18.2 Å². The molecular weight excluding hydrogens is 418 g/mol. The van der Waals surface area contributed by atoms with Crippen molar-refractivity contribution in [1.82, 2.24) is 4.90 Å². The van der Waals surface area contributed by atoms with E-state index in [9.17, 15) is 30.3 Å². The lowest BCUT2D eigenvalue weighted by atomic mass is 9.77. The third-order valence-corrected chi connectivity index (χ3v) is 6.75. The molecule has 3 aliphatic rings. The Bertz CT molecular complexity index is 1070. The molecule has 1 fully saturated rings. The molecular formula is C23H25NO8. The largest absolute Gasteiger partial charge is 0.504 e. The maximum Gasteiger partial charge on any atom is 0.335 e. The Morgan fingerprint density at radius 1 is 1.09 bits per heavy atom. The van der Waals surface area contributed by atoms with Crippen LogP contribution in [0, 0.1) is 0 Å². The standard InChI is InChI=1S/C23H25NO8/c1-24-8-7-10-3-2-4-12-15(10)13(24)9-11-5-6-14(25)20(16(11)12)31-23-19(28)17(26)18(27)21(32-23)22(29)30/h2-6,13,17-19,21,23,25-28H,7-9H2,1H3,(H,29,30)/t13-,17+,18+,19-,21+,23-/m1/s1. The summed E-state index contributed by atoms with van der Waals surface area (Å²) in [7, 11) is 2.08. The highest BCUT2D eigenvalue weighted by atomic mass is 16.7. The van der Waals surface area contributed by atoms with Gasteiger partial charge in [-0.3, -0.25) is 4.90 Å². The molecule has 5 N–H and O–H groups in total. The Labute approximate surface area is 184 Å². The molecule has 2 aliphatic heterocycles. The number of carboxylic acid groups (broad SMARTS) is 1. The molecule has 0 radical (unpaired) electrons. The van der Waals surface area contributed by atoms with Gasteiger partial charge in [-0.25, -0.2) is 4.79 Å². The van der Waals surface area contributed by atoms with Crippen LogP contribution in [-0.2, 0) is 22.4 Å². The number of hydrogen-bond acceptors (Lipinski definition) is 8. The number of aliphatic hydroxyl groups excluding tert-OH is 3. The van der Waals surface area contributed by atoms with Crippen LogP contribution in [-0.4, -0.2) is 80.7 Å². The number of aromatic hydroxyl groups is 1. The molecule has 0 amide bonds. The second-order valence-corrected chi connectivity index (χ2v) is 8.63. The smallest absolute Gasteiger partial charge is 0.335 e. The van der Waals surface area contributed by atoms with Crippen molar-refractivity contribution in [3.63, 3.8) is 0 Å². The summed E-state index contributed by atoms with van der Waals surface area (Å²) in [6.45, 7) is 0.941. The lowest BCUT2D eigenvalue weighted by Crippen LogP contribution is -2.61. The fourth-order valence-corrected chi connectivity index (χ4v) is 5.04. The highest BCUT2D eigenvalue weighted by Gasteiger charge is 2.48. The van der Waals surface area contributed by atoms with E-state index in [4.69, 9.17) is 9.47 Å². The van der Waals surface area contributed by atoms with E-state index in [0.29, 0.717) is 12.0 Å². The first-order chi connectivity index (χ1) is 15.3. The molecule has 5 rings (SSSR count). The van der Waals surface area contributed by atoms with E-state index in [1.165, 1.54) is 11.6 Å². The van der Waals surface area contributed by atoms with Gasteiger partial charge in [0.25, 0.3) is 0 Å². The van der Waals surface area contributed by atoms with Crippen molar-refractivity contribution in [2.75, 3.05) is 13.6 Å². The van der Waals surface area contributed by atoms with Crippen LogP contribution in [0.4, 0.5) is 0 Å². The highest BCUT2D eigenvalue weighted by molar-refractivity contribution is 5.82. The third kappa shape index (κ3) is 3.16. The van der Waals surface area contributed by atoms with Crippen molar-refractivity contribution in [3.8, 4) is 22.6 Å². The maximum atomic E-state index is 11.4. The second kappa shape index (κ2) is 7.72. The molecule has 2 aromatic rings. The van der Waals surface area contributed by atoms with Gasteiger partial charge in [0.1, 0.15) is 18.3 Å². The van der Waals surface area contributed by atoms with Crippen molar-refractivity contribution >= 4 is 5.97 Å². The van der Waals surface area contributed by atoms with Gasteiger partial charge in [-0.15, -0.1) is 0 Å². The van der Waals surface area contributed by atoms with Crippen LogP contribution in [0.25, 0.3) is 11.1 Å². The first-order valence-electron chi connectivity index (χ1n) is 10.5. The Kier molecular flexibility index (Phi) is 5.11. The van der Waals surface area contributed by atoms with Crippen LogP contribution >= 0.6 is 0 Å². The molecule has 1 aliphatic carbocycles. The van der Waals surface area contributed by atoms with Gasteiger partial charge < -0.3 is 35.0 Å². The minimum atomic E-state index is -1.82. The minimum Gasteiger partial charge on any atom is -0.504 e. The third-order valence-electron chi connectivity index (χ3n) is 6.75. The van der Waals surface area contributed by atoms with E-state index in [1.54, 1.807) is 0 Å². The predicted molar refractivity (Wildman–Crippen MR) is 111 cm³/mol. The summed E-state index contributed by atoms with van der Waals surface area (Å²) < 4.78 is 11.1. The number of phenols is 1. The molecule has 0 unspecified atom stereocenters. The van der Waals surface area contributed by atoms with Gasteiger partial charge in [0.2, 0.25) is 6.29 Å². The monoisotopic (exact) mass is 443 g/mol. The number of ether oxygens (including phenoxy) is 2. The second-order valence-electron chi connectivity index (χ2n) is 8.63. The number of fused-ring (bicyclic) bond motifs is 2. The van der Waals surface area contributed by atoms with Gasteiger partial charge in [0.15, 0.2) is 17.6 Å². The molecule has 0 spiro atoms. The van der Waals surface area contributed by atoms with E-state index in [-0.39, 0.29) is 17.5 Å². The van der Waals surface area contributed by atoms with Crippen molar-refractivity contribution in [3.05, 3.63) is 47.0 Å². The van der Waals surface area contributed by atoms with Gasteiger partial charge in [-0.1, -0.05) is 24.3 Å². The van der Waals surface area contributed by atoms with Crippen molar-refractivity contribution in [2.24, 2.45) is 0 Å². The molecule has 0 aromatic heterocycles. The fraction of sp³-hybridized carbons (Fsp3) is 0.435. The first kappa shape index (κ1) is 21.2. The summed E-state index contributed by atoms with van der Waals surface area (Å²) in [5.41, 5.74) is 4.86. The van der Waals surface area contributed by atoms with E-state index in [2.05, 4.69) is 18.0 Å². The van der Waals surface area contributed by atoms with Crippen molar-refractivity contribution < 1.29 is 39.8 Å². The highest BCUT2D eigenvalue weighted by Crippen LogP contribution is 2.51. The zero-order chi connectivity index (χ0) is 22.7. The average Bonchev–Trinajstić information content (AvgIpc) is 2.77. The number of nitrogens with zero attached hydrogens (tertiary/aromatic N) is 1. The number of rotatable bonds is 3. The van der Waals surface area contributed by atoms with Crippen molar-refractivity contribution in [1.29, 1.82) is 0 Å². The topological polar surface area (TPSA) is 140 Å². The summed E-state index contributed by atoms with van der Waals surface area (Å²) in [6.07, 6.45) is -7.14. The number of carboxylic acids is 1. The summed E-state index contributed by atoms with van der Waals surface area (Å²) in [5.74, 6) is -1.66. The lowest BCUT2D eigenvalue weighted by Gasteiger charge is -2.41. The number of carbonyl (C=O) groups is 1. The molecule has 32 heavy (non-hydrogen) atoms. The summed E-state index contributed by atoms with van der Waals surface area (Å²) in [4.78, 5) is 13.7. The number of likely N-dealkylation sites (N-methyl/N-ethyl adjacent to an activating group) is 1. The first-order valence-corrected chi connectivity index (χ1v) is 10.5. The Hall–Kier alpha value is -2.69. The van der Waals surface area contributed by atoms with Crippen LogP contribution in [0.3, 0.4) is 0 Å². The lowest BCUT2D eigenvalue weighted by molar-refractivity contribution is -0.271. The SMILES string of the molecule is CN1CCc2cccc3c2[C@H]1Cc1ccc(O)c(O[C@@H]2O[C@H](C(=O)O)[C@@H](O)[C@H](O)[C@H]2O)c1-3. The molecule has 2 heterocycles. The number of benzene rings is 2. The van der Waals surface area contributed by atoms with Crippen LogP contribution in [0.15, 0.2) is 30.3 Å². The van der Waals surface area contributed by atoms with Crippen LogP contribution < -0.4 is 4.74 Å². The Morgan fingerprint density at radius 2 is 1.88 bits per heavy atom. The number of phenolic OH excluding ortho intramolecular Hbond substituents is 1. The molecule has 0 bridgehead atoms. The molecule has 0 saturated carbocycles. The normalized spacial score (nSPS) is 31.5.